The van der Waals surface area contributed by atoms with Crippen molar-refractivity contribution in [3.05, 3.63) is 24.5 Å². The Balaban J connectivity index is 1.43. The second-order valence-corrected chi connectivity index (χ2v) is 4.82. The summed E-state index contributed by atoms with van der Waals surface area (Å²) < 4.78 is 1.77. The van der Waals surface area contributed by atoms with Gasteiger partial charge in [-0.2, -0.15) is 5.10 Å². The van der Waals surface area contributed by atoms with Crippen molar-refractivity contribution in [2.24, 2.45) is 0 Å². The molecule has 0 aromatic carbocycles. The first-order chi connectivity index (χ1) is 9.42. The van der Waals surface area contributed by atoms with Crippen LogP contribution in [0.15, 0.2) is 24.5 Å². The molecular formula is C13H20N6. The summed E-state index contributed by atoms with van der Waals surface area (Å²) in [4.78, 5) is 6.99. The topological polar surface area (TPSA) is 57.5 Å². The van der Waals surface area contributed by atoms with Crippen molar-refractivity contribution in [3.63, 3.8) is 0 Å². The number of hydrogen-bond acceptors (Lipinski definition) is 5. The average Bonchev–Trinajstić information content (AvgIpc) is 2.92. The lowest BCUT2D eigenvalue weighted by molar-refractivity contribution is 0.240. The minimum absolute atomic E-state index is 0.882. The van der Waals surface area contributed by atoms with Crippen LogP contribution in [-0.4, -0.2) is 58.8 Å². The van der Waals surface area contributed by atoms with Gasteiger partial charge in [0.25, 0.3) is 0 Å². The average molecular weight is 260 g/mol. The number of nitrogens with one attached hydrogen (secondary N) is 2. The second-order valence-electron chi connectivity index (χ2n) is 4.82. The minimum atomic E-state index is 0.882. The Morgan fingerprint density at radius 3 is 3.05 bits per heavy atom. The van der Waals surface area contributed by atoms with Gasteiger partial charge < -0.3 is 15.5 Å². The Morgan fingerprint density at radius 1 is 1.26 bits per heavy atom. The lowest BCUT2D eigenvalue weighted by Gasteiger charge is -2.27. The van der Waals surface area contributed by atoms with Crippen LogP contribution in [0.2, 0.25) is 0 Å². The van der Waals surface area contributed by atoms with Crippen LogP contribution in [0.5, 0.6) is 0 Å². The maximum Gasteiger partial charge on any atom is 0.157 e. The van der Waals surface area contributed by atoms with Crippen molar-refractivity contribution in [3.8, 4) is 0 Å². The fourth-order valence-electron chi connectivity index (χ4n) is 2.36. The molecule has 1 aliphatic heterocycles. The van der Waals surface area contributed by atoms with E-state index < -0.39 is 0 Å². The van der Waals surface area contributed by atoms with Crippen LogP contribution in [0, 0.1) is 0 Å². The van der Waals surface area contributed by atoms with Gasteiger partial charge in [0.05, 0.1) is 6.20 Å². The van der Waals surface area contributed by atoms with Crippen LogP contribution in [-0.2, 0) is 0 Å². The van der Waals surface area contributed by atoms with E-state index in [9.17, 15) is 0 Å². The molecule has 6 nitrogen and oxygen atoms in total. The molecule has 0 unspecified atom stereocenters. The van der Waals surface area contributed by atoms with Crippen molar-refractivity contribution in [1.29, 1.82) is 0 Å². The molecule has 0 atom stereocenters. The summed E-state index contributed by atoms with van der Waals surface area (Å²) in [5.74, 6) is 0.924. The fourth-order valence-corrected chi connectivity index (χ4v) is 2.36. The zero-order valence-corrected chi connectivity index (χ0v) is 11.0. The zero-order valence-electron chi connectivity index (χ0n) is 11.0. The molecule has 1 saturated heterocycles. The predicted molar refractivity (Wildman–Crippen MR) is 75.4 cm³/mol. The van der Waals surface area contributed by atoms with Gasteiger partial charge in [-0.05, 0) is 19.0 Å². The molecule has 102 valence electrons. The monoisotopic (exact) mass is 260 g/mol. The summed E-state index contributed by atoms with van der Waals surface area (Å²) >= 11 is 0. The summed E-state index contributed by atoms with van der Waals surface area (Å²) in [6.07, 6.45) is 4.84. The number of hydrogen-bond donors (Lipinski definition) is 2. The normalized spacial score (nSPS) is 16.8. The van der Waals surface area contributed by atoms with Gasteiger partial charge in [-0.3, -0.25) is 0 Å². The Kier molecular flexibility index (Phi) is 3.90. The highest BCUT2D eigenvalue weighted by Crippen LogP contribution is 2.05. The van der Waals surface area contributed by atoms with Crippen LogP contribution >= 0.6 is 0 Å². The number of nitrogens with zero attached hydrogens (tertiary/aromatic N) is 4. The number of rotatable bonds is 5. The first-order valence-electron chi connectivity index (χ1n) is 6.89. The highest BCUT2D eigenvalue weighted by atomic mass is 15.2. The Bertz CT molecular complexity index is 517. The quantitative estimate of drug-likeness (QED) is 0.764. The highest BCUT2D eigenvalue weighted by molar-refractivity contribution is 5.45. The van der Waals surface area contributed by atoms with Crippen LogP contribution in [0.25, 0.3) is 5.65 Å². The predicted octanol–water partition coefficient (Wildman–Crippen LogP) is 0.436. The van der Waals surface area contributed by atoms with E-state index in [1.165, 1.54) is 13.1 Å². The molecule has 19 heavy (non-hydrogen) atoms. The molecule has 1 aliphatic rings. The van der Waals surface area contributed by atoms with Gasteiger partial charge in [-0.15, -0.1) is 0 Å². The zero-order chi connectivity index (χ0) is 12.9. The molecule has 3 rings (SSSR count). The summed E-state index contributed by atoms with van der Waals surface area (Å²) in [6, 6.07) is 3.87. The van der Waals surface area contributed by atoms with Gasteiger partial charge in [0.15, 0.2) is 5.65 Å². The Hall–Kier alpha value is -1.66. The smallest absolute Gasteiger partial charge is 0.157 e. The van der Waals surface area contributed by atoms with E-state index in [-0.39, 0.29) is 0 Å². The SMILES string of the molecule is c1cc2nc(NCCCN3CCNCC3)ccn2n1. The maximum absolute atomic E-state index is 4.49. The van der Waals surface area contributed by atoms with Gasteiger partial charge >= 0.3 is 0 Å². The van der Waals surface area contributed by atoms with Crippen molar-refractivity contribution in [1.82, 2.24) is 24.8 Å². The van der Waals surface area contributed by atoms with E-state index in [4.69, 9.17) is 0 Å². The molecule has 0 saturated carbocycles. The van der Waals surface area contributed by atoms with Crippen molar-refractivity contribution in [2.45, 2.75) is 6.42 Å². The van der Waals surface area contributed by atoms with Crippen molar-refractivity contribution in [2.75, 3.05) is 44.6 Å². The standard InChI is InChI=1S/C13H20N6/c1(8-18-10-6-14-7-11-18)4-15-12-3-9-19-13(17-12)2-5-16-19/h2-3,5,9,14H,1,4,6-8,10-11H2,(H,15,17). The molecule has 0 aliphatic carbocycles. The van der Waals surface area contributed by atoms with E-state index >= 15 is 0 Å². The lowest BCUT2D eigenvalue weighted by atomic mass is 10.3. The molecule has 0 radical (unpaired) electrons. The second kappa shape index (κ2) is 5.99. The lowest BCUT2D eigenvalue weighted by Crippen LogP contribution is -2.44. The minimum Gasteiger partial charge on any atom is -0.370 e. The third-order valence-electron chi connectivity index (χ3n) is 3.42. The van der Waals surface area contributed by atoms with Crippen LogP contribution in [0.3, 0.4) is 0 Å². The fraction of sp³-hybridized carbons (Fsp3) is 0.538. The first-order valence-corrected chi connectivity index (χ1v) is 6.89. The van der Waals surface area contributed by atoms with Crippen LogP contribution < -0.4 is 10.6 Å². The molecule has 0 bridgehead atoms. The number of anilines is 1. The van der Waals surface area contributed by atoms with Gasteiger partial charge in [0.1, 0.15) is 5.82 Å². The molecule has 6 heteroatoms. The summed E-state index contributed by atoms with van der Waals surface area (Å²) in [5, 5.41) is 10.9. The molecule has 3 heterocycles. The molecule has 2 N–H and O–H groups in total. The first kappa shape index (κ1) is 12.4. The number of piperazine rings is 1. The van der Waals surface area contributed by atoms with Crippen molar-refractivity contribution >= 4 is 11.5 Å². The molecule has 1 fully saturated rings. The Morgan fingerprint density at radius 2 is 2.16 bits per heavy atom. The van der Waals surface area contributed by atoms with E-state index in [1.54, 1.807) is 10.7 Å². The van der Waals surface area contributed by atoms with Crippen molar-refractivity contribution < 1.29 is 0 Å². The summed E-state index contributed by atoms with van der Waals surface area (Å²) in [7, 11) is 0. The van der Waals surface area contributed by atoms with E-state index in [0.717, 1.165) is 44.1 Å². The van der Waals surface area contributed by atoms with Gasteiger partial charge in [-0.1, -0.05) is 0 Å². The molecule has 2 aromatic heterocycles. The van der Waals surface area contributed by atoms with Gasteiger partial charge in [0.2, 0.25) is 0 Å². The molecule has 0 amide bonds. The number of fused-ring (bicyclic) bond motifs is 1. The largest absolute Gasteiger partial charge is 0.370 e. The van der Waals surface area contributed by atoms with Gasteiger partial charge in [-0.25, -0.2) is 9.50 Å². The summed E-state index contributed by atoms with van der Waals surface area (Å²) in [5.41, 5.74) is 0.882. The number of aromatic nitrogens is 3. The van der Waals surface area contributed by atoms with Gasteiger partial charge in [0, 0.05) is 45.0 Å². The van der Waals surface area contributed by atoms with E-state index in [1.807, 2.05) is 18.3 Å². The highest BCUT2D eigenvalue weighted by Gasteiger charge is 2.08. The van der Waals surface area contributed by atoms with E-state index in [2.05, 4.69) is 25.6 Å². The van der Waals surface area contributed by atoms with E-state index in [0.29, 0.717) is 0 Å². The third-order valence-corrected chi connectivity index (χ3v) is 3.42. The molecule has 2 aromatic rings. The van der Waals surface area contributed by atoms with Crippen LogP contribution in [0.4, 0.5) is 5.82 Å². The molecule has 0 spiro atoms. The summed E-state index contributed by atoms with van der Waals surface area (Å²) in [6.45, 7) is 6.69. The van der Waals surface area contributed by atoms with Crippen LogP contribution in [0.1, 0.15) is 6.42 Å². The third kappa shape index (κ3) is 3.21. The molecular weight excluding hydrogens is 240 g/mol. The maximum atomic E-state index is 4.49. The Labute approximate surface area is 112 Å².